The number of benzene rings is 1. The SMILES string of the molecule is Cc1ccc(C#CCO)c(NS(=O)(=O)c2ccnn2C)c1. The minimum atomic E-state index is -3.74. The summed E-state index contributed by atoms with van der Waals surface area (Å²) in [4.78, 5) is 0. The van der Waals surface area contributed by atoms with Gasteiger partial charge in [0.2, 0.25) is 0 Å². The number of nitrogens with zero attached hydrogens (tertiary/aromatic N) is 2. The number of hydrogen-bond acceptors (Lipinski definition) is 4. The smallest absolute Gasteiger partial charge is 0.279 e. The van der Waals surface area contributed by atoms with Gasteiger partial charge in [0.05, 0.1) is 11.9 Å². The van der Waals surface area contributed by atoms with E-state index in [-0.39, 0.29) is 11.6 Å². The fourth-order valence-electron chi connectivity index (χ4n) is 1.81. The monoisotopic (exact) mass is 305 g/mol. The van der Waals surface area contributed by atoms with Crippen molar-refractivity contribution in [1.29, 1.82) is 0 Å². The summed E-state index contributed by atoms with van der Waals surface area (Å²) in [6.07, 6.45) is 1.41. The van der Waals surface area contributed by atoms with Gasteiger partial charge in [0.15, 0.2) is 5.03 Å². The van der Waals surface area contributed by atoms with E-state index in [9.17, 15) is 8.42 Å². The maximum absolute atomic E-state index is 12.4. The number of aromatic nitrogens is 2. The summed E-state index contributed by atoms with van der Waals surface area (Å²) in [6, 6.07) is 6.63. The third-order valence-corrected chi connectivity index (χ3v) is 4.21. The Morgan fingerprint density at radius 1 is 1.38 bits per heavy atom. The van der Waals surface area contributed by atoms with Crippen LogP contribution in [0.2, 0.25) is 0 Å². The summed E-state index contributed by atoms with van der Waals surface area (Å²) in [7, 11) is -2.19. The van der Waals surface area contributed by atoms with Crippen LogP contribution in [0.5, 0.6) is 0 Å². The fourth-order valence-corrected chi connectivity index (χ4v) is 3.01. The molecule has 110 valence electrons. The molecule has 0 saturated carbocycles. The molecule has 2 rings (SSSR count). The van der Waals surface area contributed by atoms with Gasteiger partial charge in [-0.25, -0.2) is 0 Å². The van der Waals surface area contributed by atoms with E-state index in [1.807, 2.05) is 13.0 Å². The van der Waals surface area contributed by atoms with Gasteiger partial charge < -0.3 is 5.11 Å². The van der Waals surface area contributed by atoms with Crippen LogP contribution < -0.4 is 4.72 Å². The summed E-state index contributed by atoms with van der Waals surface area (Å²) in [6.45, 7) is 1.56. The number of nitrogens with one attached hydrogen (secondary N) is 1. The highest BCUT2D eigenvalue weighted by Crippen LogP contribution is 2.20. The molecule has 1 aromatic heterocycles. The van der Waals surface area contributed by atoms with Crippen LogP contribution in [0.25, 0.3) is 0 Å². The summed E-state index contributed by atoms with van der Waals surface area (Å²) < 4.78 is 28.5. The van der Waals surface area contributed by atoms with Crippen LogP contribution >= 0.6 is 0 Å². The van der Waals surface area contributed by atoms with E-state index in [0.29, 0.717) is 11.3 Å². The van der Waals surface area contributed by atoms with Gasteiger partial charge in [-0.3, -0.25) is 9.40 Å². The fraction of sp³-hybridized carbons (Fsp3) is 0.214. The minimum absolute atomic E-state index is 0.0603. The van der Waals surface area contributed by atoms with Gasteiger partial charge in [0.1, 0.15) is 6.61 Å². The van der Waals surface area contributed by atoms with Crippen LogP contribution in [0.4, 0.5) is 5.69 Å². The zero-order valence-corrected chi connectivity index (χ0v) is 12.5. The Kier molecular flexibility index (Phi) is 4.31. The molecule has 2 aromatic rings. The molecule has 0 fully saturated rings. The normalized spacial score (nSPS) is 10.8. The van der Waals surface area contributed by atoms with Crippen molar-refractivity contribution in [3.63, 3.8) is 0 Å². The van der Waals surface area contributed by atoms with E-state index < -0.39 is 10.0 Å². The topological polar surface area (TPSA) is 84.2 Å². The molecule has 0 aliphatic rings. The van der Waals surface area contributed by atoms with Crippen molar-refractivity contribution in [3.8, 4) is 11.8 Å². The molecule has 1 aromatic carbocycles. The summed E-state index contributed by atoms with van der Waals surface area (Å²) in [5.74, 6) is 5.23. The van der Waals surface area contributed by atoms with Crippen LogP contribution in [0.15, 0.2) is 35.5 Å². The molecule has 0 unspecified atom stereocenters. The van der Waals surface area contributed by atoms with Crippen LogP contribution in [0.1, 0.15) is 11.1 Å². The number of anilines is 1. The van der Waals surface area contributed by atoms with E-state index in [0.717, 1.165) is 5.56 Å². The molecule has 21 heavy (non-hydrogen) atoms. The standard InChI is InChI=1S/C14H15N3O3S/c1-11-5-6-12(4-3-9-18)13(10-11)16-21(19,20)14-7-8-15-17(14)2/h5-8,10,16,18H,9H2,1-2H3. The van der Waals surface area contributed by atoms with Crippen LogP contribution in [-0.4, -0.2) is 29.9 Å². The highest BCUT2D eigenvalue weighted by molar-refractivity contribution is 7.92. The molecule has 7 heteroatoms. The second kappa shape index (κ2) is 5.99. The number of aryl methyl sites for hydroxylation is 2. The third kappa shape index (κ3) is 3.42. The van der Waals surface area contributed by atoms with Gasteiger partial charge in [0, 0.05) is 12.6 Å². The second-order valence-electron chi connectivity index (χ2n) is 4.41. The first-order valence-corrected chi connectivity index (χ1v) is 7.63. The summed E-state index contributed by atoms with van der Waals surface area (Å²) >= 11 is 0. The lowest BCUT2D eigenvalue weighted by Crippen LogP contribution is -2.17. The zero-order valence-electron chi connectivity index (χ0n) is 11.7. The van der Waals surface area contributed by atoms with Crippen LogP contribution in [0.3, 0.4) is 0 Å². The second-order valence-corrected chi connectivity index (χ2v) is 6.04. The predicted octanol–water partition coefficient (Wildman–Crippen LogP) is 0.873. The lowest BCUT2D eigenvalue weighted by atomic mass is 10.1. The van der Waals surface area contributed by atoms with Crippen molar-refractivity contribution in [3.05, 3.63) is 41.6 Å². The number of rotatable bonds is 3. The van der Waals surface area contributed by atoms with Crippen LogP contribution in [0, 0.1) is 18.8 Å². The summed E-state index contributed by atoms with van der Waals surface area (Å²) in [5.41, 5.74) is 1.77. The van der Waals surface area contributed by atoms with Gasteiger partial charge in [-0.05, 0) is 30.7 Å². The lowest BCUT2D eigenvalue weighted by molar-refractivity contribution is 0.350. The Morgan fingerprint density at radius 2 is 2.14 bits per heavy atom. The Labute approximate surface area is 123 Å². The largest absolute Gasteiger partial charge is 0.384 e. The van der Waals surface area contributed by atoms with Crippen molar-refractivity contribution >= 4 is 15.7 Å². The van der Waals surface area contributed by atoms with Crippen molar-refractivity contribution in [2.75, 3.05) is 11.3 Å². The molecular weight excluding hydrogens is 290 g/mol. The van der Waals surface area contributed by atoms with E-state index >= 15 is 0 Å². The first-order valence-electron chi connectivity index (χ1n) is 6.15. The highest BCUT2D eigenvalue weighted by Gasteiger charge is 2.19. The Bertz CT molecular complexity index is 813. The van der Waals surface area contributed by atoms with Crippen LogP contribution in [-0.2, 0) is 17.1 Å². The molecule has 0 spiro atoms. The molecule has 0 aliphatic heterocycles. The maximum atomic E-state index is 12.4. The summed E-state index contributed by atoms with van der Waals surface area (Å²) in [5, 5.41) is 12.7. The van der Waals surface area contributed by atoms with Gasteiger partial charge >= 0.3 is 0 Å². The highest BCUT2D eigenvalue weighted by atomic mass is 32.2. The maximum Gasteiger partial charge on any atom is 0.279 e. The Balaban J connectivity index is 2.44. The van der Waals surface area contributed by atoms with Crippen molar-refractivity contribution in [1.82, 2.24) is 9.78 Å². The predicted molar refractivity (Wildman–Crippen MR) is 79.2 cm³/mol. The van der Waals surface area contributed by atoms with E-state index in [4.69, 9.17) is 5.11 Å². The minimum Gasteiger partial charge on any atom is -0.384 e. The molecule has 1 heterocycles. The lowest BCUT2D eigenvalue weighted by Gasteiger charge is -2.10. The molecule has 6 nitrogen and oxygen atoms in total. The number of sulfonamides is 1. The zero-order chi connectivity index (χ0) is 15.5. The Morgan fingerprint density at radius 3 is 2.76 bits per heavy atom. The average molecular weight is 305 g/mol. The van der Waals surface area contributed by atoms with Gasteiger partial charge in [0.25, 0.3) is 10.0 Å². The van der Waals surface area contributed by atoms with Gasteiger partial charge in [-0.2, -0.15) is 13.5 Å². The molecule has 0 saturated heterocycles. The van der Waals surface area contributed by atoms with Crippen molar-refractivity contribution in [2.24, 2.45) is 7.05 Å². The average Bonchev–Trinajstić information content (AvgIpc) is 2.84. The molecular formula is C14H15N3O3S. The van der Waals surface area contributed by atoms with E-state index in [2.05, 4.69) is 21.7 Å². The first-order chi connectivity index (χ1) is 9.94. The molecule has 0 amide bonds. The Hall–Kier alpha value is -2.30. The quantitative estimate of drug-likeness (QED) is 0.824. The van der Waals surface area contributed by atoms with Gasteiger partial charge in [-0.15, -0.1) is 0 Å². The van der Waals surface area contributed by atoms with Gasteiger partial charge in [-0.1, -0.05) is 17.9 Å². The molecule has 0 radical (unpaired) electrons. The van der Waals surface area contributed by atoms with E-state index in [1.54, 1.807) is 19.2 Å². The third-order valence-electron chi connectivity index (χ3n) is 2.77. The molecule has 0 bridgehead atoms. The number of aliphatic hydroxyl groups is 1. The number of aliphatic hydroxyl groups excluding tert-OH is 1. The molecule has 0 atom stereocenters. The molecule has 0 aliphatic carbocycles. The van der Waals surface area contributed by atoms with E-state index in [1.165, 1.54) is 16.9 Å². The molecule has 2 N–H and O–H groups in total. The van der Waals surface area contributed by atoms with Crippen molar-refractivity contribution in [2.45, 2.75) is 11.9 Å². The number of hydrogen-bond donors (Lipinski definition) is 2. The van der Waals surface area contributed by atoms with Crippen molar-refractivity contribution < 1.29 is 13.5 Å². The first kappa shape index (κ1) is 15.1.